The monoisotopic (exact) mass is 263 g/mol. The maximum Gasteiger partial charge on any atom is 0.394 e. The molecule has 0 saturated carbocycles. The maximum atomic E-state index is 11.1. The summed E-state index contributed by atoms with van der Waals surface area (Å²) in [7, 11) is 0. The number of rotatable bonds is 3. The zero-order chi connectivity index (χ0) is 14.8. The molecule has 0 aliphatic rings. The van der Waals surface area contributed by atoms with Crippen molar-refractivity contribution < 1.29 is 14.7 Å². The van der Waals surface area contributed by atoms with Gasteiger partial charge in [0.2, 0.25) is 0 Å². The molecule has 19 heavy (non-hydrogen) atoms. The highest BCUT2D eigenvalue weighted by Crippen LogP contribution is 2.28. The van der Waals surface area contributed by atoms with Gasteiger partial charge < -0.3 is 10.4 Å². The number of carboxylic acid groups (broad SMARTS) is 1. The van der Waals surface area contributed by atoms with Crippen molar-refractivity contribution in [3.63, 3.8) is 0 Å². The molecule has 0 bridgehead atoms. The first-order valence-corrected chi connectivity index (χ1v) is 6.25. The molecule has 4 heteroatoms. The van der Waals surface area contributed by atoms with Gasteiger partial charge in [-0.3, -0.25) is 4.79 Å². The summed E-state index contributed by atoms with van der Waals surface area (Å²) < 4.78 is 0. The van der Waals surface area contributed by atoms with Crippen molar-refractivity contribution in [3.05, 3.63) is 34.4 Å². The minimum atomic E-state index is -1.45. The highest BCUT2D eigenvalue weighted by atomic mass is 16.4. The van der Waals surface area contributed by atoms with Crippen LogP contribution in [0.2, 0.25) is 0 Å². The van der Waals surface area contributed by atoms with Gasteiger partial charge >= 0.3 is 11.9 Å². The zero-order valence-corrected chi connectivity index (χ0v) is 12.1. The quantitative estimate of drug-likeness (QED) is 0.821. The highest BCUT2D eigenvalue weighted by Gasteiger charge is 2.25. The molecule has 2 N–H and O–H groups in total. The summed E-state index contributed by atoms with van der Waals surface area (Å²) in [6.45, 7) is 10.5. The second-order valence-corrected chi connectivity index (χ2v) is 5.55. The Labute approximate surface area is 113 Å². The van der Waals surface area contributed by atoms with Crippen molar-refractivity contribution in [2.45, 2.75) is 40.0 Å². The lowest BCUT2D eigenvalue weighted by molar-refractivity contribution is -0.150. The van der Waals surface area contributed by atoms with Crippen LogP contribution in [0, 0.1) is 20.8 Å². The minimum absolute atomic E-state index is 0.293. The van der Waals surface area contributed by atoms with Gasteiger partial charge in [-0.1, -0.05) is 26.0 Å². The van der Waals surface area contributed by atoms with E-state index in [0.717, 1.165) is 5.56 Å². The van der Waals surface area contributed by atoms with Gasteiger partial charge in [-0.2, -0.15) is 0 Å². The average molecular weight is 263 g/mol. The second kappa shape index (κ2) is 5.43. The Balaban J connectivity index is 2.98. The molecule has 0 spiro atoms. The van der Waals surface area contributed by atoms with E-state index in [4.69, 9.17) is 5.11 Å². The summed E-state index contributed by atoms with van der Waals surface area (Å²) in [4.78, 5) is 21.6. The number of aliphatic carboxylic acids is 1. The van der Waals surface area contributed by atoms with Crippen LogP contribution in [0.5, 0.6) is 0 Å². The number of benzene rings is 1. The highest BCUT2D eigenvalue weighted by molar-refractivity contribution is 6.31. The second-order valence-electron chi connectivity index (χ2n) is 5.55. The fourth-order valence-electron chi connectivity index (χ4n) is 2.16. The molecule has 0 heterocycles. The lowest BCUT2D eigenvalue weighted by Crippen LogP contribution is -2.40. The number of carbonyl (C=O) groups excluding carboxylic acids is 1. The molecule has 1 aromatic carbocycles. The predicted octanol–water partition coefficient (Wildman–Crippen LogP) is 2.09. The van der Waals surface area contributed by atoms with Gasteiger partial charge in [0.25, 0.3) is 0 Å². The first-order valence-electron chi connectivity index (χ1n) is 6.25. The van der Waals surface area contributed by atoms with Crippen molar-refractivity contribution in [2.75, 3.05) is 6.54 Å². The Bertz CT molecular complexity index is 518. The third kappa shape index (κ3) is 3.34. The summed E-state index contributed by atoms with van der Waals surface area (Å²) in [5.41, 5.74) is 4.46. The molecule has 4 nitrogen and oxygen atoms in total. The molecule has 0 saturated heterocycles. The zero-order valence-electron chi connectivity index (χ0n) is 12.1. The molecule has 104 valence electrons. The van der Waals surface area contributed by atoms with E-state index in [-0.39, 0.29) is 5.41 Å². The van der Waals surface area contributed by atoms with E-state index in [0.29, 0.717) is 6.54 Å². The topological polar surface area (TPSA) is 66.4 Å². The van der Waals surface area contributed by atoms with Crippen LogP contribution in [0.1, 0.15) is 36.1 Å². The number of hydrogen-bond donors (Lipinski definition) is 2. The molecule has 0 fully saturated rings. The fraction of sp³-hybridized carbons (Fsp3) is 0.467. The number of carbonyl (C=O) groups is 2. The van der Waals surface area contributed by atoms with Crippen molar-refractivity contribution in [3.8, 4) is 0 Å². The van der Waals surface area contributed by atoms with Crippen LogP contribution in [0.15, 0.2) is 12.1 Å². The Morgan fingerprint density at radius 1 is 1.16 bits per heavy atom. The predicted molar refractivity (Wildman–Crippen MR) is 74.3 cm³/mol. The Hall–Kier alpha value is -1.84. The van der Waals surface area contributed by atoms with Gasteiger partial charge in [-0.15, -0.1) is 0 Å². The van der Waals surface area contributed by atoms with Gasteiger partial charge in [0.05, 0.1) is 0 Å². The first-order chi connectivity index (χ1) is 8.66. The molecule has 1 rings (SSSR count). The lowest BCUT2D eigenvalue weighted by Gasteiger charge is -2.28. The molecule has 0 radical (unpaired) electrons. The van der Waals surface area contributed by atoms with Gasteiger partial charge in [0.1, 0.15) is 0 Å². The van der Waals surface area contributed by atoms with Crippen LogP contribution >= 0.6 is 0 Å². The number of carboxylic acids is 1. The van der Waals surface area contributed by atoms with Crippen LogP contribution in [-0.4, -0.2) is 23.5 Å². The molecule has 1 aromatic rings. The van der Waals surface area contributed by atoms with Crippen LogP contribution in [0.4, 0.5) is 0 Å². The number of nitrogens with one attached hydrogen (secondary N) is 1. The molecule has 1 amide bonds. The number of aryl methyl sites for hydroxylation is 1. The van der Waals surface area contributed by atoms with E-state index in [1.807, 2.05) is 19.9 Å². The molecule has 0 aliphatic carbocycles. The standard InChI is InChI=1S/C15H21NO3/c1-9-6-7-12(11(3)10(9)2)15(4,5)8-16-13(17)14(18)19/h6-7H,8H2,1-5H3,(H,16,17)(H,18,19). The van der Waals surface area contributed by atoms with E-state index < -0.39 is 11.9 Å². The van der Waals surface area contributed by atoms with E-state index in [1.165, 1.54) is 16.7 Å². The molecule has 0 aliphatic heterocycles. The Morgan fingerprint density at radius 3 is 2.26 bits per heavy atom. The molecular weight excluding hydrogens is 242 g/mol. The summed E-state index contributed by atoms with van der Waals surface area (Å²) >= 11 is 0. The van der Waals surface area contributed by atoms with Crippen LogP contribution in [0.3, 0.4) is 0 Å². The largest absolute Gasteiger partial charge is 0.474 e. The van der Waals surface area contributed by atoms with Crippen LogP contribution in [0.25, 0.3) is 0 Å². The number of hydrogen-bond acceptors (Lipinski definition) is 2. The van der Waals surface area contributed by atoms with Crippen molar-refractivity contribution in [2.24, 2.45) is 0 Å². The van der Waals surface area contributed by atoms with E-state index >= 15 is 0 Å². The molecular formula is C15H21NO3. The van der Waals surface area contributed by atoms with Crippen molar-refractivity contribution >= 4 is 11.9 Å². The van der Waals surface area contributed by atoms with E-state index in [9.17, 15) is 9.59 Å². The Morgan fingerprint density at radius 2 is 1.74 bits per heavy atom. The number of amides is 1. The van der Waals surface area contributed by atoms with Crippen molar-refractivity contribution in [1.82, 2.24) is 5.32 Å². The fourth-order valence-corrected chi connectivity index (χ4v) is 2.16. The van der Waals surface area contributed by atoms with Gasteiger partial charge in [-0.25, -0.2) is 4.79 Å². The minimum Gasteiger partial charge on any atom is -0.474 e. The van der Waals surface area contributed by atoms with Crippen LogP contribution in [-0.2, 0) is 15.0 Å². The lowest BCUT2D eigenvalue weighted by atomic mass is 9.80. The summed E-state index contributed by atoms with van der Waals surface area (Å²) in [6, 6.07) is 4.10. The molecule has 0 unspecified atom stereocenters. The van der Waals surface area contributed by atoms with Crippen molar-refractivity contribution in [1.29, 1.82) is 0 Å². The van der Waals surface area contributed by atoms with E-state index in [1.54, 1.807) is 0 Å². The first kappa shape index (κ1) is 15.2. The normalized spacial score (nSPS) is 11.2. The molecule has 0 atom stereocenters. The molecule has 0 aromatic heterocycles. The summed E-state index contributed by atoms with van der Waals surface area (Å²) in [5, 5.41) is 11.0. The van der Waals surface area contributed by atoms with Gasteiger partial charge in [0.15, 0.2) is 0 Å². The van der Waals surface area contributed by atoms with Crippen LogP contribution < -0.4 is 5.32 Å². The smallest absolute Gasteiger partial charge is 0.394 e. The van der Waals surface area contributed by atoms with E-state index in [2.05, 4.69) is 32.2 Å². The Kier molecular flexibility index (Phi) is 4.35. The SMILES string of the molecule is Cc1ccc(C(C)(C)CNC(=O)C(=O)O)c(C)c1C. The summed E-state index contributed by atoms with van der Waals surface area (Å²) in [6.07, 6.45) is 0. The van der Waals surface area contributed by atoms with Gasteiger partial charge in [-0.05, 0) is 43.0 Å². The maximum absolute atomic E-state index is 11.1. The summed E-state index contributed by atoms with van der Waals surface area (Å²) in [5.74, 6) is -2.41. The average Bonchev–Trinajstić information content (AvgIpc) is 2.32. The third-order valence-electron chi connectivity index (χ3n) is 3.67. The third-order valence-corrected chi connectivity index (χ3v) is 3.67. The van der Waals surface area contributed by atoms with Gasteiger partial charge in [0, 0.05) is 12.0 Å².